The highest BCUT2D eigenvalue weighted by atomic mass is 32.1. The molecule has 9 rings (SSSR count). The average Bonchev–Trinajstić information content (AvgIpc) is 3.65. The second-order valence-corrected chi connectivity index (χ2v) is 13.4. The molecule has 2 aromatic heterocycles. The molecule has 43 heavy (non-hydrogen) atoms. The van der Waals surface area contributed by atoms with E-state index in [9.17, 15) is 5.02 Å². The Morgan fingerprint density at radius 3 is 2.07 bits per heavy atom. The summed E-state index contributed by atoms with van der Waals surface area (Å²) in [7, 11) is 0.0560. The molecule has 0 unspecified atom stereocenters. The maximum Gasteiger partial charge on any atom is 0.304 e. The largest absolute Gasteiger partial charge is 0.449 e. The van der Waals surface area contributed by atoms with Gasteiger partial charge in [-0.3, -0.25) is 0 Å². The lowest BCUT2D eigenvalue weighted by Crippen LogP contribution is -2.14. The predicted octanol–water partition coefficient (Wildman–Crippen LogP) is 9.09. The van der Waals surface area contributed by atoms with Crippen molar-refractivity contribution in [3.63, 3.8) is 0 Å². The molecular formula is C39H28BNOS. The molecule has 0 spiro atoms. The fraction of sp³-hybridized carbons (Fsp3) is 0.0769. The Hall–Kier alpha value is -4.64. The molecule has 1 aliphatic rings. The Morgan fingerprint density at radius 2 is 1.26 bits per heavy atom. The zero-order valence-electron chi connectivity index (χ0n) is 24.1. The van der Waals surface area contributed by atoms with Crippen LogP contribution in [0.4, 0.5) is 0 Å². The Morgan fingerprint density at radius 1 is 0.581 bits per heavy atom. The van der Waals surface area contributed by atoms with Gasteiger partial charge in [0.05, 0.1) is 11.0 Å². The van der Waals surface area contributed by atoms with Crippen molar-refractivity contribution in [2.24, 2.45) is 0 Å². The number of hydrogen-bond acceptors (Lipinski definition) is 2. The molecule has 0 aliphatic heterocycles. The molecule has 0 fully saturated rings. The summed E-state index contributed by atoms with van der Waals surface area (Å²) in [5.41, 5.74) is 12.4. The van der Waals surface area contributed by atoms with Crippen molar-refractivity contribution >= 4 is 66.3 Å². The first kappa shape index (κ1) is 24.9. The summed E-state index contributed by atoms with van der Waals surface area (Å²) in [5.74, 6) is 0. The lowest BCUT2D eigenvalue weighted by molar-refractivity contribution is 0.615. The van der Waals surface area contributed by atoms with Crippen LogP contribution in [0.1, 0.15) is 25.0 Å². The van der Waals surface area contributed by atoms with E-state index < -0.39 is 0 Å². The molecular weight excluding hydrogens is 541 g/mol. The van der Waals surface area contributed by atoms with E-state index in [4.69, 9.17) is 0 Å². The quantitative estimate of drug-likeness (QED) is 0.211. The number of fused-ring (bicyclic) bond motifs is 9. The van der Waals surface area contributed by atoms with Crippen molar-refractivity contribution < 1.29 is 5.02 Å². The Labute approximate surface area is 254 Å². The first-order valence-electron chi connectivity index (χ1n) is 14.9. The Kier molecular flexibility index (Phi) is 5.18. The van der Waals surface area contributed by atoms with Crippen molar-refractivity contribution in [2.45, 2.75) is 19.3 Å². The van der Waals surface area contributed by atoms with Crippen molar-refractivity contribution in [2.75, 3.05) is 0 Å². The van der Waals surface area contributed by atoms with Crippen molar-refractivity contribution in [1.82, 2.24) is 4.57 Å². The van der Waals surface area contributed by atoms with Crippen LogP contribution in [0.2, 0.25) is 0 Å². The van der Waals surface area contributed by atoms with E-state index in [-0.39, 0.29) is 12.9 Å². The zero-order chi connectivity index (χ0) is 28.9. The van der Waals surface area contributed by atoms with Gasteiger partial charge in [-0.15, -0.1) is 11.3 Å². The lowest BCUT2D eigenvalue weighted by Gasteiger charge is -2.21. The minimum absolute atomic E-state index is 0.0560. The van der Waals surface area contributed by atoms with Crippen LogP contribution >= 0.6 is 11.3 Å². The van der Waals surface area contributed by atoms with Crippen LogP contribution in [-0.4, -0.2) is 17.1 Å². The highest BCUT2D eigenvalue weighted by molar-refractivity contribution is 7.25. The van der Waals surface area contributed by atoms with Crippen LogP contribution in [0.15, 0.2) is 121 Å². The van der Waals surface area contributed by atoms with Crippen molar-refractivity contribution in [3.05, 3.63) is 132 Å². The predicted molar refractivity (Wildman–Crippen MR) is 186 cm³/mol. The minimum Gasteiger partial charge on any atom is -0.449 e. The molecule has 0 bridgehead atoms. The van der Waals surface area contributed by atoms with E-state index in [1.807, 2.05) is 17.4 Å². The Bertz CT molecular complexity index is 2410. The van der Waals surface area contributed by atoms with Gasteiger partial charge in [0.25, 0.3) is 0 Å². The maximum absolute atomic E-state index is 9.75. The molecule has 0 amide bonds. The third-order valence-electron chi connectivity index (χ3n) is 9.53. The molecule has 1 aliphatic carbocycles. The van der Waals surface area contributed by atoms with Crippen LogP contribution < -0.4 is 5.46 Å². The second-order valence-electron chi connectivity index (χ2n) is 12.3. The van der Waals surface area contributed by atoms with Gasteiger partial charge >= 0.3 is 7.48 Å². The van der Waals surface area contributed by atoms with Gasteiger partial charge in [-0.2, -0.15) is 0 Å². The topological polar surface area (TPSA) is 25.2 Å². The summed E-state index contributed by atoms with van der Waals surface area (Å²) in [6, 6.07) is 44.6. The zero-order valence-corrected chi connectivity index (χ0v) is 24.9. The molecule has 0 saturated heterocycles. The fourth-order valence-electron chi connectivity index (χ4n) is 7.35. The normalized spacial score (nSPS) is 13.7. The Balaban J connectivity index is 1.32. The van der Waals surface area contributed by atoms with Gasteiger partial charge in [-0.05, 0) is 93.4 Å². The van der Waals surface area contributed by atoms with Gasteiger partial charge in [0.1, 0.15) is 0 Å². The number of para-hydroxylation sites is 1. The molecule has 0 radical (unpaired) electrons. The van der Waals surface area contributed by atoms with E-state index in [0.29, 0.717) is 0 Å². The number of nitrogens with zero attached hydrogens (tertiary/aromatic N) is 1. The monoisotopic (exact) mass is 569 g/mol. The fourth-order valence-corrected chi connectivity index (χ4v) is 8.42. The smallest absolute Gasteiger partial charge is 0.304 e. The van der Waals surface area contributed by atoms with Crippen LogP contribution in [0, 0.1) is 0 Å². The van der Waals surface area contributed by atoms with Gasteiger partial charge in [0, 0.05) is 36.7 Å². The molecule has 1 N–H and O–H groups in total. The molecule has 2 nitrogen and oxygen atoms in total. The van der Waals surface area contributed by atoms with Gasteiger partial charge in [0.2, 0.25) is 0 Å². The number of hydrogen-bond donors (Lipinski definition) is 1. The van der Waals surface area contributed by atoms with E-state index in [1.165, 1.54) is 81.0 Å². The molecule has 6 aromatic carbocycles. The number of rotatable bonds is 3. The molecule has 0 saturated carbocycles. The van der Waals surface area contributed by atoms with Gasteiger partial charge in [0.15, 0.2) is 0 Å². The molecule has 0 atom stereocenters. The van der Waals surface area contributed by atoms with E-state index in [2.05, 4.69) is 134 Å². The van der Waals surface area contributed by atoms with Crippen molar-refractivity contribution in [3.8, 4) is 27.9 Å². The minimum atomic E-state index is -0.0577. The van der Waals surface area contributed by atoms with E-state index in [0.717, 1.165) is 5.46 Å². The van der Waals surface area contributed by atoms with Crippen LogP contribution in [0.5, 0.6) is 0 Å². The summed E-state index contributed by atoms with van der Waals surface area (Å²) in [4.78, 5) is 0. The summed E-state index contributed by atoms with van der Waals surface area (Å²) < 4.78 is 4.95. The van der Waals surface area contributed by atoms with Crippen molar-refractivity contribution in [1.29, 1.82) is 0 Å². The molecule has 204 valence electrons. The highest BCUT2D eigenvalue weighted by Crippen LogP contribution is 2.51. The third-order valence-corrected chi connectivity index (χ3v) is 10.7. The molecule has 4 heteroatoms. The summed E-state index contributed by atoms with van der Waals surface area (Å²) in [6.45, 7) is 4.70. The van der Waals surface area contributed by atoms with Crippen LogP contribution in [0.25, 0.3) is 69.9 Å². The first-order valence-corrected chi connectivity index (χ1v) is 15.7. The van der Waals surface area contributed by atoms with E-state index >= 15 is 0 Å². The van der Waals surface area contributed by atoms with Crippen LogP contribution in [-0.2, 0) is 5.41 Å². The summed E-state index contributed by atoms with van der Waals surface area (Å²) >= 11 is 1.81. The van der Waals surface area contributed by atoms with Gasteiger partial charge < -0.3 is 9.59 Å². The van der Waals surface area contributed by atoms with Gasteiger partial charge in [-0.25, -0.2) is 0 Å². The summed E-state index contributed by atoms with van der Waals surface area (Å²) in [6.07, 6.45) is 0. The number of thiophene rings is 1. The average molecular weight is 570 g/mol. The maximum atomic E-state index is 9.75. The number of benzene rings is 6. The molecule has 2 heterocycles. The third kappa shape index (κ3) is 3.51. The number of aromatic nitrogens is 1. The molecule has 8 aromatic rings. The first-order chi connectivity index (χ1) is 21.0. The van der Waals surface area contributed by atoms with Gasteiger partial charge in [-0.1, -0.05) is 86.0 Å². The van der Waals surface area contributed by atoms with Crippen LogP contribution in [0.3, 0.4) is 0 Å². The van der Waals surface area contributed by atoms with E-state index in [1.54, 1.807) is 0 Å². The summed E-state index contributed by atoms with van der Waals surface area (Å²) in [5, 5.41) is 14.8. The standard InChI is InChI=1S/C39H28BNOS/c1-39(2)33-11-7-6-10-27(33)28-21-30-29-18-23(12-15-35(29)41(36(30)22-34(28)39)26-8-4-3-5-9-26)24-13-16-37-31(19-24)32-20-25(40-42)14-17-38(32)43-37/h3-22,40,42H,1-2H3. The SMILES string of the molecule is CC1(C)c2ccccc2-c2cc3c4cc(-c5ccc6sc7ccc(BO)cc7c6c5)ccc4n(-c4ccccc4)c3cc21. The highest BCUT2D eigenvalue weighted by Gasteiger charge is 2.36. The lowest BCUT2D eigenvalue weighted by atomic mass is 9.82. The second kappa shape index (κ2) is 8.93.